The number of aliphatic hydroxyl groups is 1. The van der Waals surface area contributed by atoms with Crippen LogP contribution in [0.3, 0.4) is 0 Å². The van der Waals surface area contributed by atoms with Crippen LogP contribution in [-0.2, 0) is 18.3 Å². The Morgan fingerprint density at radius 2 is 2.19 bits per heavy atom. The van der Waals surface area contributed by atoms with E-state index in [1.165, 1.54) is 0 Å². The Balaban J connectivity index is 1.40. The van der Waals surface area contributed by atoms with Crippen LogP contribution in [0.2, 0.25) is 5.02 Å². The van der Waals surface area contributed by atoms with Gasteiger partial charge in [0.25, 0.3) is 0 Å². The average Bonchev–Trinajstić information content (AvgIpc) is 3.10. The molecule has 3 heterocycles. The number of nitrogens with zero attached hydrogens (tertiary/aromatic N) is 1. The first-order chi connectivity index (χ1) is 14.7. The van der Waals surface area contributed by atoms with Crippen molar-refractivity contribution >= 4 is 19.8 Å². The van der Waals surface area contributed by atoms with Gasteiger partial charge in [0.1, 0.15) is 0 Å². The molecule has 4 atom stereocenters. The second-order valence-electron chi connectivity index (χ2n) is 7.21. The Labute approximate surface area is 180 Å². The van der Waals surface area contributed by atoms with Crippen molar-refractivity contribution in [2.24, 2.45) is 0 Å². The van der Waals surface area contributed by atoms with E-state index in [0.717, 1.165) is 10.1 Å². The van der Waals surface area contributed by atoms with Crippen LogP contribution < -0.4 is 11.2 Å². The van der Waals surface area contributed by atoms with Crippen molar-refractivity contribution in [1.29, 1.82) is 0 Å². The van der Waals surface area contributed by atoms with Crippen molar-refractivity contribution < 1.29 is 32.7 Å². The maximum atomic E-state index is 13.5. The van der Waals surface area contributed by atoms with Crippen molar-refractivity contribution in [3.63, 3.8) is 0 Å². The SMILES string of the molecule is O=c1[nH]c(=O)n([C@H]2C[C@H](O)[C@@H](CO[PH]3(O)OCCC(c4cccc(Cl)c4)O3)O2)cc1F. The molecule has 0 aliphatic carbocycles. The first-order valence-electron chi connectivity index (χ1n) is 9.52. The van der Waals surface area contributed by atoms with E-state index >= 15 is 0 Å². The van der Waals surface area contributed by atoms with E-state index in [-0.39, 0.29) is 19.6 Å². The molecule has 3 N–H and O–H groups in total. The third kappa shape index (κ3) is 5.05. The van der Waals surface area contributed by atoms with Gasteiger partial charge >= 0.3 is 180 Å². The van der Waals surface area contributed by atoms with Crippen molar-refractivity contribution in [2.45, 2.75) is 37.4 Å². The van der Waals surface area contributed by atoms with Crippen LogP contribution in [0.15, 0.2) is 40.1 Å². The third-order valence-electron chi connectivity index (χ3n) is 5.04. The van der Waals surface area contributed by atoms with Crippen LogP contribution in [0.25, 0.3) is 0 Å². The third-order valence-corrected chi connectivity index (χ3v) is 6.96. The predicted molar refractivity (Wildman–Crippen MR) is 108 cm³/mol. The number of halogens is 2. The summed E-state index contributed by atoms with van der Waals surface area (Å²) in [5.41, 5.74) is -1.25. The van der Waals surface area contributed by atoms with Crippen molar-refractivity contribution in [2.75, 3.05) is 13.2 Å². The number of hydrogen-bond acceptors (Lipinski definition) is 8. The summed E-state index contributed by atoms with van der Waals surface area (Å²) in [5, 5.41) is 10.8. The van der Waals surface area contributed by atoms with E-state index in [0.29, 0.717) is 17.6 Å². The molecule has 13 heteroatoms. The summed E-state index contributed by atoms with van der Waals surface area (Å²) in [6.07, 6.45) is -2.36. The number of aliphatic hydroxyl groups excluding tert-OH is 1. The Bertz CT molecular complexity index is 1070. The Hall–Kier alpha value is -1.69. The van der Waals surface area contributed by atoms with E-state index in [9.17, 15) is 24.0 Å². The zero-order valence-corrected chi connectivity index (χ0v) is 17.8. The molecule has 2 fully saturated rings. The van der Waals surface area contributed by atoms with Gasteiger partial charge in [0.15, 0.2) is 0 Å². The molecule has 1 aromatic carbocycles. The van der Waals surface area contributed by atoms with E-state index < -0.39 is 49.8 Å². The Kier molecular flexibility index (Phi) is 6.57. The van der Waals surface area contributed by atoms with Gasteiger partial charge in [0, 0.05) is 0 Å². The first kappa shape index (κ1) is 22.5. The van der Waals surface area contributed by atoms with Crippen LogP contribution in [0.4, 0.5) is 4.39 Å². The number of nitrogens with one attached hydrogen (secondary N) is 1. The summed E-state index contributed by atoms with van der Waals surface area (Å²) in [6, 6.07) is 7.02. The van der Waals surface area contributed by atoms with E-state index in [4.69, 9.17) is 29.9 Å². The van der Waals surface area contributed by atoms with E-state index in [1.807, 2.05) is 11.1 Å². The van der Waals surface area contributed by atoms with Crippen LogP contribution >= 0.6 is 19.8 Å². The molecule has 170 valence electrons. The summed E-state index contributed by atoms with van der Waals surface area (Å²) in [7, 11) is -4.04. The molecule has 4 rings (SSSR count). The molecule has 0 radical (unpaired) electrons. The number of H-pyrrole nitrogens is 1. The second kappa shape index (κ2) is 9.05. The molecule has 2 saturated heterocycles. The quantitative estimate of drug-likeness (QED) is 0.552. The fraction of sp³-hybridized carbons (Fsp3) is 0.444. The summed E-state index contributed by atoms with van der Waals surface area (Å²) in [6.45, 7) is -0.0914. The molecule has 0 spiro atoms. The monoisotopic (exact) mass is 478 g/mol. The van der Waals surface area contributed by atoms with Crippen LogP contribution in [0, 0.1) is 5.82 Å². The summed E-state index contributed by atoms with van der Waals surface area (Å²) in [4.78, 5) is 35.6. The van der Waals surface area contributed by atoms with E-state index in [2.05, 4.69) is 0 Å². The maximum absolute atomic E-state index is 13.5. The zero-order chi connectivity index (χ0) is 22.2. The van der Waals surface area contributed by atoms with Gasteiger partial charge in [0.2, 0.25) is 0 Å². The first-order valence-corrected chi connectivity index (χ1v) is 11.6. The number of ether oxygens (including phenoxy) is 1. The molecule has 0 amide bonds. The van der Waals surface area contributed by atoms with Crippen molar-refractivity contribution in [3.8, 4) is 0 Å². The molecule has 0 saturated carbocycles. The van der Waals surface area contributed by atoms with Crippen molar-refractivity contribution in [3.05, 3.63) is 67.7 Å². The van der Waals surface area contributed by atoms with Gasteiger partial charge in [-0.1, -0.05) is 0 Å². The summed E-state index contributed by atoms with van der Waals surface area (Å²) >= 11 is 6.01. The van der Waals surface area contributed by atoms with Crippen LogP contribution in [0.5, 0.6) is 0 Å². The van der Waals surface area contributed by atoms with Gasteiger partial charge in [-0.15, -0.1) is 0 Å². The average molecular weight is 479 g/mol. The van der Waals surface area contributed by atoms with Crippen LogP contribution in [0.1, 0.15) is 30.7 Å². The number of aromatic nitrogens is 2. The van der Waals surface area contributed by atoms with Crippen LogP contribution in [-0.4, -0.2) is 45.0 Å². The molecule has 1 aromatic heterocycles. The number of aromatic amines is 1. The zero-order valence-electron chi connectivity index (χ0n) is 16.1. The molecule has 2 aromatic rings. The molecule has 1 unspecified atom stereocenters. The fourth-order valence-corrected chi connectivity index (χ4v) is 5.27. The Morgan fingerprint density at radius 1 is 1.39 bits per heavy atom. The standard InChI is InChI=1S/C18H21ClFN2O8P/c19-11-3-1-2-10(6-11)14-4-5-27-31(26,30-14)28-9-15-13(23)7-16(29-15)22-8-12(20)17(24)21-18(22)25/h1-3,6,8,13-16,23,26,31H,4-5,7,9H2,(H,21,24,25)/t13-,14?,15+,16+/m0/s1. The van der Waals surface area contributed by atoms with Crippen molar-refractivity contribution in [1.82, 2.24) is 9.55 Å². The molecular weight excluding hydrogens is 458 g/mol. The molecule has 0 bridgehead atoms. The van der Waals surface area contributed by atoms with Gasteiger partial charge < -0.3 is 0 Å². The second-order valence-corrected chi connectivity index (χ2v) is 9.51. The predicted octanol–water partition coefficient (Wildman–Crippen LogP) is 1.57. The molecule has 2 aliphatic heterocycles. The van der Waals surface area contributed by atoms with Gasteiger partial charge in [0.05, 0.1) is 0 Å². The number of hydrogen-bond donors (Lipinski definition) is 3. The minimum atomic E-state index is -4.04. The van der Waals surface area contributed by atoms with E-state index in [1.54, 1.807) is 18.2 Å². The van der Waals surface area contributed by atoms with Gasteiger partial charge in [-0.25, -0.2) is 0 Å². The van der Waals surface area contributed by atoms with Gasteiger partial charge in [-0.3, -0.25) is 0 Å². The normalized spacial score (nSPS) is 29.0. The molecular formula is C18H21ClFN2O8P. The minimum absolute atomic E-state index is 0.0494. The molecule has 31 heavy (non-hydrogen) atoms. The summed E-state index contributed by atoms with van der Waals surface area (Å²) in [5.74, 6) is -1.16. The number of rotatable bonds is 5. The van der Waals surface area contributed by atoms with Gasteiger partial charge in [-0.2, -0.15) is 0 Å². The van der Waals surface area contributed by atoms with Gasteiger partial charge in [-0.05, 0) is 0 Å². The molecule has 2 aliphatic rings. The Morgan fingerprint density at radius 3 is 2.97 bits per heavy atom. The summed E-state index contributed by atoms with van der Waals surface area (Å²) < 4.78 is 36.5. The number of benzene rings is 1. The fourth-order valence-electron chi connectivity index (χ4n) is 3.48. The topological polar surface area (TPSA) is 132 Å². The molecule has 10 nitrogen and oxygen atoms in total.